The summed E-state index contributed by atoms with van der Waals surface area (Å²) < 4.78 is 13.4. The molecule has 35 heavy (non-hydrogen) atoms. The molecule has 1 heterocycles. The first kappa shape index (κ1) is 23.3. The minimum atomic E-state index is -1.78. The average molecular weight is 476 g/mol. The van der Waals surface area contributed by atoms with Gasteiger partial charge in [-0.25, -0.2) is 4.39 Å². The van der Waals surface area contributed by atoms with Gasteiger partial charge in [0, 0.05) is 17.7 Å². The van der Waals surface area contributed by atoms with Crippen LogP contribution < -0.4 is 16.2 Å². The third-order valence-corrected chi connectivity index (χ3v) is 7.67. The van der Waals surface area contributed by atoms with Gasteiger partial charge in [-0.2, -0.15) is 0 Å². The number of halogens is 1. The zero-order valence-electron chi connectivity index (χ0n) is 19.9. The zero-order chi connectivity index (χ0) is 25.0. The molecule has 7 heteroatoms. The van der Waals surface area contributed by atoms with Crippen molar-refractivity contribution in [2.45, 2.75) is 50.7 Å². The molecule has 1 unspecified atom stereocenters. The van der Waals surface area contributed by atoms with Gasteiger partial charge in [-0.05, 0) is 85.2 Å². The van der Waals surface area contributed by atoms with Gasteiger partial charge >= 0.3 is 0 Å². The molecule has 2 aromatic carbocycles. The van der Waals surface area contributed by atoms with E-state index in [0.29, 0.717) is 24.8 Å². The smallest absolute Gasteiger partial charge is 0.253 e. The monoisotopic (exact) mass is 475 g/mol. The molecule has 0 aromatic heterocycles. The number of anilines is 1. The highest BCUT2D eigenvalue weighted by atomic mass is 19.1. The van der Waals surface area contributed by atoms with Crippen molar-refractivity contribution in [3.05, 3.63) is 100 Å². The van der Waals surface area contributed by atoms with Gasteiger partial charge < -0.3 is 21.4 Å². The van der Waals surface area contributed by atoms with Crippen molar-refractivity contribution in [1.29, 1.82) is 0 Å². The van der Waals surface area contributed by atoms with Crippen LogP contribution >= 0.6 is 0 Å². The van der Waals surface area contributed by atoms with E-state index in [4.69, 9.17) is 5.73 Å². The number of allylic oxidation sites excluding steroid dienone is 3. The molecule has 2 aromatic rings. The van der Waals surface area contributed by atoms with Crippen LogP contribution in [0.3, 0.4) is 0 Å². The molecule has 2 aliphatic carbocycles. The molecule has 3 aliphatic rings. The van der Waals surface area contributed by atoms with Crippen LogP contribution in [-0.4, -0.2) is 21.7 Å². The number of hydrogen-bond donors (Lipinski definition) is 4. The number of carbonyl (C=O) groups excluding carboxylic acids is 1. The van der Waals surface area contributed by atoms with E-state index >= 15 is 0 Å². The number of hydrazine groups is 1. The van der Waals surface area contributed by atoms with Gasteiger partial charge in [-0.1, -0.05) is 31.2 Å². The van der Waals surface area contributed by atoms with Crippen molar-refractivity contribution in [2.75, 3.05) is 5.01 Å². The molecule has 1 amide bonds. The molecule has 0 saturated carbocycles. The Morgan fingerprint density at radius 1 is 1.26 bits per heavy atom. The number of aliphatic hydroxyl groups is 2. The number of fused-ring (bicyclic) bond motifs is 1. The fourth-order valence-corrected chi connectivity index (χ4v) is 5.71. The topological polar surface area (TPSA) is 98.8 Å². The number of nitrogens with one attached hydrogen (secondary N) is 1. The summed E-state index contributed by atoms with van der Waals surface area (Å²) in [6.45, 7) is 3.51. The Bertz CT molecular complexity index is 1280. The first-order valence-electron chi connectivity index (χ1n) is 11.9. The molecule has 0 bridgehead atoms. The minimum absolute atomic E-state index is 0.000538. The van der Waals surface area contributed by atoms with Crippen molar-refractivity contribution in [1.82, 2.24) is 5.43 Å². The summed E-state index contributed by atoms with van der Waals surface area (Å²) in [4.78, 5) is 11.9. The van der Waals surface area contributed by atoms with E-state index in [1.54, 1.807) is 24.3 Å². The average Bonchev–Trinajstić information content (AvgIpc) is 3.41. The Hall–Kier alpha value is -3.42. The van der Waals surface area contributed by atoms with Gasteiger partial charge in [0.15, 0.2) is 5.60 Å². The fraction of sp³-hybridized carbons (Fsp3) is 0.321. The van der Waals surface area contributed by atoms with E-state index in [9.17, 15) is 19.4 Å². The molecule has 3 atom stereocenters. The molecule has 0 radical (unpaired) electrons. The van der Waals surface area contributed by atoms with Crippen LogP contribution in [0, 0.1) is 11.7 Å². The number of rotatable bonds is 6. The summed E-state index contributed by atoms with van der Waals surface area (Å²) in [5.41, 5.74) is 12.3. The van der Waals surface area contributed by atoms with E-state index in [-0.39, 0.29) is 11.7 Å². The van der Waals surface area contributed by atoms with Crippen LogP contribution in [0.4, 0.5) is 10.1 Å². The summed E-state index contributed by atoms with van der Waals surface area (Å²) >= 11 is 0. The minimum Gasteiger partial charge on any atom is -0.385 e. The lowest BCUT2D eigenvalue weighted by atomic mass is 9.76. The quantitative estimate of drug-likeness (QED) is 0.511. The van der Waals surface area contributed by atoms with Crippen molar-refractivity contribution in [3.63, 3.8) is 0 Å². The maximum Gasteiger partial charge on any atom is 0.253 e. The normalized spacial score (nSPS) is 24.8. The summed E-state index contributed by atoms with van der Waals surface area (Å²) in [6, 6.07) is 13.5. The summed E-state index contributed by atoms with van der Waals surface area (Å²) in [7, 11) is 0. The molecular formula is C28H30FN3O3. The molecule has 0 saturated heterocycles. The van der Waals surface area contributed by atoms with Crippen LogP contribution in [0.5, 0.6) is 0 Å². The number of aryl methyl sites for hydroxylation is 1. The van der Waals surface area contributed by atoms with Crippen molar-refractivity contribution < 1.29 is 19.4 Å². The largest absolute Gasteiger partial charge is 0.385 e. The molecule has 182 valence electrons. The van der Waals surface area contributed by atoms with Crippen LogP contribution in [0.15, 0.2) is 83.2 Å². The third kappa shape index (κ3) is 3.85. The second-order valence-electron chi connectivity index (χ2n) is 9.86. The number of amides is 1. The number of hydrogen-bond acceptors (Lipinski definition) is 5. The molecular weight excluding hydrogens is 445 g/mol. The highest BCUT2D eigenvalue weighted by Gasteiger charge is 2.45. The van der Waals surface area contributed by atoms with E-state index in [0.717, 1.165) is 40.1 Å². The van der Waals surface area contributed by atoms with E-state index in [1.165, 1.54) is 19.1 Å². The highest BCUT2D eigenvalue weighted by Crippen LogP contribution is 2.51. The predicted molar refractivity (Wildman–Crippen MR) is 132 cm³/mol. The van der Waals surface area contributed by atoms with Crippen LogP contribution in [0.1, 0.15) is 44.2 Å². The van der Waals surface area contributed by atoms with Gasteiger partial charge in [0.25, 0.3) is 5.91 Å². The van der Waals surface area contributed by atoms with Gasteiger partial charge in [0.1, 0.15) is 5.82 Å². The summed E-state index contributed by atoms with van der Waals surface area (Å²) in [6.07, 6.45) is 6.39. The molecule has 0 spiro atoms. The number of benzene rings is 2. The Balaban J connectivity index is 1.42. The Labute approximate surface area is 204 Å². The molecule has 0 fully saturated rings. The highest BCUT2D eigenvalue weighted by molar-refractivity contribution is 5.84. The van der Waals surface area contributed by atoms with Gasteiger partial charge in [0.05, 0.1) is 17.0 Å². The SMILES string of the molecule is C[C@H]1C2=CNN(c3ccc(F)cc3)C2=CC2=C1[C@](O)(CCc1ccccc1C(C)(O)C(N)=O)CC2. The zero-order valence-corrected chi connectivity index (χ0v) is 19.9. The Morgan fingerprint density at radius 2 is 1.97 bits per heavy atom. The van der Waals surface area contributed by atoms with E-state index < -0.39 is 17.1 Å². The van der Waals surface area contributed by atoms with E-state index in [2.05, 4.69) is 18.4 Å². The lowest BCUT2D eigenvalue weighted by Crippen LogP contribution is -2.39. The van der Waals surface area contributed by atoms with E-state index in [1.807, 2.05) is 23.3 Å². The summed E-state index contributed by atoms with van der Waals surface area (Å²) in [5.74, 6) is -1.09. The number of primary amides is 1. The molecule has 6 nitrogen and oxygen atoms in total. The van der Waals surface area contributed by atoms with Crippen molar-refractivity contribution in [2.24, 2.45) is 11.7 Å². The maximum absolute atomic E-state index is 13.4. The van der Waals surface area contributed by atoms with Gasteiger partial charge in [0.2, 0.25) is 0 Å². The Kier molecular flexibility index (Phi) is 5.57. The van der Waals surface area contributed by atoms with Gasteiger partial charge in [-0.15, -0.1) is 0 Å². The lowest BCUT2D eigenvalue weighted by Gasteiger charge is -2.35. The number of nitrogens with zero attached hydrogens (tertiary/aromatic N) is 1. The fourth-order valence-electron chi connectivity index (χ4n) is 5.71. The first-order chi connectivity index (χ1) is 16.6. The third-order valence-electron chi connectivity index (χ3n) is 7.67. The van der Waals surface area contributed by atoms with Crippen molar-refractivity contribution >= 4 is 11.6 Å². The predicted octanol–water partition coefficient (Wildman–Crippen LogP) is 3.71. The maximum atomic E-state index is 13.4. The van der Waals surface area contributed by atoms with Crippen LogP contribution in [-0.2, 0) is 16.8 Å². The Morgan fingerprint density at radius 3 is 2.69 bits per heavy atom. The van der Waals surface area contributed by atoms with Crippen LogP contribution in [0.2, 0.25) is 0 Å². The lowest BCUT2D eigenvalue weighted by molar-refractivity contribution is -0.135. The summed E-state index contributed by atoms with van der Waals surface area (Å²) in [5, 5.41) is 24.4. The second kappa shape index (κ2) is 8.36. The second-order valence-corrected chi connectivity index (χ2v) is 9.86. The molecule has 5 N–H and O–H groups in total. The molecule has 5 rings (SSSR count). The van der Waals surface area contributed by atoms with Gasteiger partial charge in [-0.3, -0.25) is 9.80 Å². The standard InChI is InChI=1S/C28H30FN3O3/c1-17-22-16-31-32(21-9-7-20(29)8-10-21)24(22)15-19-12-14-28(35,25(17)19)13-11-18-5-3-4-6-23(18)27(2,34)26(30)33/h3-10,15-17,31,34-35H,11-14H2,1-2H3,(H2,30,33)/t17-,27?,28-/m0/s1. The number of nitrogens with two attached hydrogens (primary N) is 1. The number of carbonyl (C=O) groups is 1. The molecule has 1 aliphatic heterocycles. The van der Waals surface area contributed by atoms with Crippen LogP contribution in [0.25, 0.3) is 0 Å². The first-order valence-corrected chi connectivity index (χ1v) is 11.9. The van der Waals surface area contributed by atoms with Crippen molar-refractivity contribution in [3.8, 4) is 0 Å².